The molecule has 0 atom stereocenters. The molecule has 0 saturated carbocycles. The van der Waals surface area contributed by atoms with Crippen LogP contribution in [0.5, 0.6) is 0 Å². The van der Waals surface area contributed by atoms with Crippen molar-refractivity contribution in [1.29, 1.82) is 0 Å². The van der Waals surface area contributed by atoms with Crippen molar-refractivity contribution in [3.05, 3.63) is 70.8 Å². The molecule has 0 aliphatic carbocycles. The molecule has 2 amide bonds. The van der Waals surface area contributed by atoms with Crippen LogP contribution >= 0.6 is 0 Å². The van der Waals surface area contributed by atoms with Crippen molar-refractivity contribution in [3.8, 4) is 0 Å². The topological polar surface area (TPSA) is 77.0 Å². The van der Waals surface area contributed by atoms with Crippen molar-refractivity contribution in [3.63, 3.8) is 0 Å². The average Bonchev–Trinajstić information content (AvgIpc) is 3.22. The molecule has 7 heteroatoms. The third-order valence-corrected chi connectivity index (χ3v) is 5.69. The SMILES string of the molecule is CCNC(=NCc1ccccc1CN1CCCC1=O)NCCc1cccc(C(=O)N(C)C)c1. The second-order valence-electron chi connectivity index (χ2n) is 8.46. The zero-order valence-corrected chi connectivity index (χ0v) is 19.9. The molecule has 1 aliphatic heterocycles. The van der Waals surface area contributed by atoms with E-state index in [1.54, 1.807) is 19.0 Å². The van der Waals surface area contributed by atoms with Crippen LogP contribution in [0.15, 0.2) is 53.5 Å². The van der Waals surface area contributed by atoms with Gasteiger partial charge in [-0.2, -0.15) is 0 Å². The number of guanidine groups is 1. The number of nitrogens with one attached hydrogen (secondary N) is 2. The van der Waals surface area contributed by atoms with Gasteiger partial charge in [0, 0.05) is 52.3 Å². The minimum atomic E-state index is 0.00834. The highest BCUT2D eigenvalue weighted by atomic mass is 16.2. The number of carbonyl (C=O) groups is 2. The van der Waals surface area contributed by atoms with E-state index in [-0.39, 0.29) is 11.8 Å². The third kappa shape index (κ3) is 7.07. The Morgan fingerprint density at radius 1 is 1.09 bits per heavy atom. The second-order valence-corrected chi connectivity index (χ2v) is 8.46. The maximum absolute atomic E-state index is 12.2. The highest BCUT2D eigenvalue weighted by Gasteiger charge is 2.20. The number of benzene rings is 2. The lowest BCUT2D eigenvalue weighted by Gasteiger charge is -2.18. The van der Waals surface area contributed by atoms with Crippen molar-refractivity contribution >= 4 is 17.8 Å². The van der Waals surface area contributed by atoms with Gasteiger partial charge in [0.05, 0.1) is 6.54 Å². The Kier molecular flexibility index (Phi) is 8.87. The van der Waals surface area contributed by atoms with Gasteiger partial charge >= 0.3 is 0 Å². The van der Waals surface area contributed by atoms with Crippen LogP contribution in [-0.2, 0) is 24.3 Å². The summed E-state index contributed by atoms with van der Waals surface area (Å²) in [5.41, 5.74) is 4.08. The molecule has 2 aromatic rings. The molecule has 1 saturated heterocycles. The number of hydrogen-bond acceptors (Lipinski definition) is 3. The summed E-state index contributed by atoms with van der Waals surface area (Å²) in [6.45, 7) is 5.54. The molecule has 1 fully saturated rings. The first-order valence-corrected chi connectivity index (χ1v) is 11.6. The van der Waals surface area contributed by atoms with E-state index in [9.17, 15) is 9.59 Å². The molecule has 0 spiro atoms. The lowest BCUT2D eigenvalue weighted by Crippen LogP contribution is -2.38. The van der Waals surface area contributed by atoms with Gasteiger partial charge in [0.2, 0.25) is 5.91 Å². The van der Waals surface area contributed by atoms with Gasteiger partial charge in [0.15, 0.2) is 5.96 Å². The number of aliphatic imine (C=N–C) groups is 1. The molecular formula is C26H35N5O2. The van der Waals surface area contributed by atoms with Crippen LogP contribution in [0, 0.1) is 0 Å². The highest BCUT2D eigenvalue weighted by molar-refractivity contribution is 5.94. The van der Waals surface area contributed by atoms with Gasteiger partial charge in [-0.05, 0) is 48.6 Å². The first kappa shape index (κ1) is 24.3. The smallest absolute Gasteiger partial charge is 0.253 e. The molecule has 1 heterocycles. The molecule has 0 radical (unpaired) electrons. The summed E-state index contributed by atoms with van der Waals surface area (Å²) in [5, 5.41) is 6.69. The Hall–Kier alpha value is -3.35. The Labute approximate surface area is 196 Å². The number of hydrogen-bond donors (Lipinski definition) is 2. The zero-order valence-electron chi connectivity index (χ0n) is 19.9. The van der Waals surface area contributed by atoms with Crippen LogP contribution in [0.1, 0.15) is 46.8 Å². The van der Waals surface area contributed by atoms with Crippen molar-refractivity contribution < 1.29 is 9.59 Å². The summed E-state index contributed by atoms with van der Waals surface area (Å²) in [6.07, 6.45) is 2.38. The first-order chi connectivity index (χ1) is 16.0. The summed E-state index contributed by atoms with van der Waals surface area (Å²) in [4.78, 5) is 32.5. The average molecular weight is 450 g/mol. The monoisotopic (exact) mass is 449 g/mol. The number of nitrogens with zero attached hydrogens (tertiary/aromatic N) is 3. The summed E-state index contributed by atoms with van der Waals surface area (Å²) in [6, 6.07) is 15.9. The van der Waals surface area contributed by atoms with E-state index in [2.05, 4.69) is 22.8 Å². The predicted molar refractivity (Wildman–Crippen MR) is 132 cm³/mol. The van der Waals surface area contributed by atoms with E-state index in [1.165, 1.54) is 0 Å². The van der Waals surface area contributed by atoms with Gasteiger partial charge < -0.3 is 20.4 Å². The fourth-order valence-electron chi connectivity index (χ4n) is 3.89. The van der Waals surface area contributed by atoms with Gasteiger partial charge in [-0.1, -0.05) is 36.4 Å². The number of carbonyl (C=O) groups excluding carboxylic acids is 2. The van der Waals surface area contributed by atoms with E-state index in [1.807, 2.05) is 48.2 Å². The fraction of sp³-hybridized carbons (Fsp3) is 0.423. The van der Waals surface area contributed by atoms with Crippen molar-refractivity contribution in [2.75, 3.05) is 33.7 Å². The van der Waals surface area contributed by atoms with Crippen LogP contribution in [0.4, 0.5) is 0 Å². The zero-order chi connectivity index (χ0) is 23.6. The summed E-state index contributed by atoms with van der Waals surface area (Å²) in [7, 11) is 3.52. The molecule has 0 aromatic heterocycles. The second kappa shape index (κ2) is 12.0. The lowest BCUT2D eigenvalue weighted by molar-refractivity contribution is -0.128. The fourth-order valence-corrected chi connectivity index (χ4v) is 3.89. The minimum Gasteiger partial charge on any atom is -0.357 e. The lowest BCUT2D eigenvalue weighted by atomic mass is 10.1. The number of amides is 2. The molecule has 0 bridgehead atoms. The molecule has 1 aliphatic rings. The van der Waals surface area contributed by atoms with Crippen LogP contribution < -0.4 is 10.6 Å². The van der Waals surface area contributed by atoms with Crippen LogP contribution in [0.2, 0.25) is 0 Å². The standard InChI is InChI=1S/C26H35N5O2/c1-4-27-26(28-15-14-20-9-7-12-21(17-20)25(33)30(2)3)29-18-22-10-5-6-11-23(22)19-31-16-8-13-24(31)32/h5-7,9-12,17H,4,8,13-16,18-19H2,1-3H3,(H2,27,28,29). The normalized spacial score (nSPS) is 13.8. The van der Waals surface area contributed by atoms with E-state index in [0.29, 0.717) is 31.6 Å². The number of rotatable bonds is 9. The quantitative estimate of drug-likeness (QED) is 0.456. The van der Waals surface area contributed by atoms with Gasteiger partial charge in [-0.3, -0.25) is 9.59 Å². The van der Waals surface area contributed by atoms with E-state index in [0.717, 1.165) is 48.6 Å². The van der Waals surface area contributed by atoms with Crippen LogP contribution in [-0.4, -0.2) is 61.3 Å². The summed E-state index contributed by atoms with van der Waals surface area (Å²) >= 11 is 0. The van der Waals surface area contributed by atoms with Gasteiger partial charge in [-0.15, -0.1) is 0 Å². The maximum atomic E-state index is 12.2. The molecule has 7 nitrogen and oxygen atoms in total. The first-order valence-electron chi connectivity index (χ1n) is 11.6. The molecular weight excluding hydrogens is 414 g/mol. The molecule has 176 valence electrons. The van der Waals surface area contributed by atoms with Gasteiger partial charge in [0.25, 0.3) is 5.91 Å². The van der Waals surface area contributed by atoms with Gasteiger partial charge in [-0.25, -0.2) is 4.99 Å². The minimum absolute atomic E-state index is 0.00834. The summed E-state index contributed by atoms with van der Waals surface area (Å²) in [5.74, 6) is 0.999. The predicted octanol–water partition coefficient (Wildman–Crippen LogP) is 2.81. The Bertz CT molecular complexity index is 986. The van der Waals surface area contributed by atoms with E-state index >= 15 is 0 Å². The molecule has 33 heavy (non-hydrogen) atoms. The Morgan fingerprint density at radius 2 is 1.88 bits per heavy atom. The van der Waals surface area contributed by atoms with Crippen LogP contribution in [0.25, 0.3) is 0 Å². The number of likely N-dealkylation sites (tertiary alicyclic amines) is 1. The van der Waals surface area contributed by atoms with Crippen molar-refractivity contribution in [2.24, 2.45) is 4.99 Å². The van der Waals surface area contributed by atoms with Crippen molar-refractivity contribution in [2.45, 2.75) is 39.3 Å². The largest absolute Gasteiger partial charge is 0.357 e. The molecule has 3 rings (SSSR count). The Morgan fingerprint density at radius 3 is 2.58 bits per heavy atom. The maximum Gasteiger partial charge on any atom is 0.253 e. The summed E-state index contributed by atoms with van der Waals surface area (Å²) < 4.78 is 0. The molecule has 2 N–H and O–H groups in total. The molecule has 2 aromatic carbocycles. The van der Waals surface area contributed by atoms with Gasteiger partial charge in [0.1, 0.15) is 0 Å². The molecule has 0 unspecified atom stereocenters. The van der Waals surface area contributed by atoms with Crippen LogP contribution in [0.3, 0.4) is 0 Å². The van der Waals surface area contributed by atoms with E-state index in [4.69, 9.17) is 4.99 Å². The van der Waals surface area contributed by atoms with E-state index < -0.39 is 0 Å². The Balaban J connectivity index is 1.60. The third-order valence-electron chi connectivity index (χ3n) is 5.69. The van der Waals surface area contributed by atoms with Crippen molar-refractivity contribution in [1.82, 2.24) is 20.4 Å². The highest BCUT2D eigenvalue weighted by Crippen LogP contribution is 2.18.